The van der Waals surface area contributed by atoms with Crippen molar-refractivity contribution in [2.24, 2.45) is 11.3 Å². The van der Waals surface area contributed by atoms with Gasteiger partial charge in [0.05, 0.1) is 0 Å². The van der Waals surface area contributed by atoms with Gasteiger partial charge >= 0.3 is 35.0 Å². The summed E-state index contributed by atoms with van der Waals surface area (Å²) < 4.78 is 0. The Bertz CT molecular complexity index is 208. The maximum Gasteiger partial charge on any atom is 2.00 e. The Balaban J connectivity index is -0.000000240. The predicted molar refractivity (Wildman–Crippen MR) is 55.4 cm³/mol. The summed E-state index contributed by atoms with van der Waals surface area (Å²) in [5, 5.41) is 17.8. The third-order valence-corrected chi connectivity index (χ3v) is 2.39. The van der Waals surface area contributed by atoms with Gasteiger partial charge in [0.15, 0.2) is 5.41 Å². The number of aliphatic carboxylic acids is 2. The number of rotatable bonds is 5. The molecule has 0 aliphatic heterocycles. The molecule has 5 heteroatoms. The molecule has 0 bridgehead atoms. The van der Waals surface area contributed by atoms with Crippen molar-refractivity contribution in [3.63, 3.8) is 0 Å². The Morgan fingerprint density at radius 2 is 1.64 bits per heavy atom. The van der Waals surface area contributed by atoms with Crippen molar-refractivity contribution in [1.82, 2.24) is 0 Å². The molecule has 0 unspecified atom stereocenters. The van der Waals surface area contributed by atoms with Crippen LogP contribution in [0, 0.1) is 11.3 Å². The molecule has 0 aromatic rings. The van der Waals surface area contributed by atoms with Gasteiger partial charge in [0, 0.05) is 0 Å². The van der Waals surface area contributed by atoms with Crippen LogP contribution < -0.4 is 0 Å². The van der Waals surface area contributed by atoms with E-state index in [0.29, 0.717) is 6.42 Å². The van der Waals surface area contributed by atoms with E-state index < -0.39 is 23.3 Å². The van der Waals surface area contributed by atoms with E-state index in [1.165, 1.54) is 0 Å². The topological polar surface area (TPSA) is 74.6 Å². The molecule has 0 aliphatic rings. The van der Waals surface area contributed by atoms with Crippen molar-refractivity contribution in [3.05, 3.63) is 0 Å². The Labute approximate surface area is 103 Å². The van der Waals surface area contributed by atoms with E-state index in [4.69, 9.17) is 10.2 Å². The largest absolute Gasteiger partial charge is 2.00 e. The summed E-state index contributed by atoms with van der Waals surface area (Å²) in [4.78, 5) is 21.8. The third-order valence-electron chi connectivity index (χ3n) is 2.39. The second-order valence-electron chi connectivity index (χ2n) is 3.49. The van der Waals surface area contributed by atoms with Gasteiger partial charge in [-0.1, -0.05) is 27.2 Å². The van der Waals surface area contributed by atoms with Crippen molar-refractivity contribution < 1.29 is 22.7 Å². The van der Waals surface area contributed by atoms with Crippen molar-refractivity contribution in [1.29, 1.82) is 0 Å². The SMILES string of the molecule is CCCC(C(=O)O)(C(=O)O)C(C)C.[H-].[H-].[Mg+2]. The zero-order valence-corrected chi connectivity index (χ0v) is 10.3. The summed E-state index contributed by atoms with van der Waals surface area (Å²) in [5.74, 6) is -2.88. The molecule has 2 N–H and O–H groups in total. The van der Waals surface area contributed by atoms with Gasteiger partial charge in [-0.15, -0.1) is 0 Å². The third kappa shape index (κ3) is 2.85. The second-order valence-corrected chi connectivity index (χ2v) is 3.49. The maximum atomic E-state index is 10.9. The maximum absolute atomic E-state index is 10.9. The molecule has 0 aromatic carbocycles. The molecule has 80 valence electrons. The molecular weight excluding hydrogens is 196 g/mol. The minimum Gasteiger partial charge on any atom is -1.00 e. The first-order valence-electron chi connectivity index (χ1n) is 4.36. The predicted octanol–water partition coefficient (Wildman–Crippen LogP) is 1.44. The van der Waals surface area contributed by atoms with Gasteiger partial charge in [0.1, 0.15) is 0 Å². The van der Waals surface area contributed by atoms with Crippen molar-refractivity contribution >= 4 is 35.0 Å². The van der Waals surface area contributed by atoms with Gasteiger partial charge in [-0.2, -0.15) is 0 Å². The number of carboxylic acid groups (broad SMARTS) is 2. The van der Waals surface area contributed by atoms with Crippen molar-refractivity contribution in [2.45, 2.75) is 33.6 Å². The smallest absolute Gasteiger partial charge is 1.00 e. The molecule has 14 heavy (non-hydrogen) atoms. The number of hydrogen-bond donors (Lipinski definition) is 2. The van der Waals surface area contributed by atoms with E-state index in [9.17, 15) is 9.59 Å². The van der Waals surface area contributed by atoms with Gasteiger partial charge in [-0.25, -0.2) is 0 Å². The molecule has 0 heterocycles. The molecule has 0 saturated carbocycles. The molecule has 0 rings (SSSR count). The first-order chi connectivity index (χ1) is 5.89. The molecule has 0 fully saturated rings. The Morgan fingerprint density at radius 3 is 1.71 bits per heavy atom. The fraction of sp³-hybridized carbons (Fsp3) is 0.778. The minimum absolute atomic E-state index is 0. The second kappa shape index (κ2) is 6.24. The van der Waals surface area contributed by atoms with Gasteiger partial charge in [0.2, 0.25) is 0 Å². The summed E-state index contributed by atoms with van der Waals surface area (Å²) in [7, 11) is 0. The Morgan fingerprint density at radius 1 is 1.29 bits per heavy atom. The zero-order chi connectivity index (χ0) is 10.6. The summed E-state index contributed by atoms with van der Waals surface area (Å²) in [6.07, 6.45) is 0.728. The van der Waals surface area contributed by atoms with Crippen LogP contribution in [0.2, 0.25) is 0 Å². The molecule has 0 atom stereocenters. The molecule has 4 nitrogen and oxygen atoms in total. The van der Waals surface area contributed by atoms with Crippen molar-refractivity contribution in [2.75, 3.05) is 0 Å². The zero-order valence-electron chi connectivity index (χ0n) is 10.9. The number of carboxylic acids is 2. The molecular formula is C9H18MgO4. The van der Waals surface area contributed by atoms with Crippen LogP contribution in [0.15, 0.2) is 0 Å². The van der Waals surface area contributed by atoms with E-state index in [1.807, 2.05) is 0 Å². The number of hydrogen-bond acceptors (Lipinski definition) is 2. The number of carbonyl (C=O) groups is 2. The van der Waals surface area contributed by atoms with Crippen LogP contribution in [0.4, 0.5) is 0 Å². The monoisotopic (exact) mass is 214 g/mol. The Kier molecular flexibility index (Phi) is 7.20. The molecule has 0 aromatic heterocycles. The van der Waals surface area contributed by atoms with Crippen LogP contribution in [0.1, 0.15) is 36.5 Å². The van der Waals surface area contributed by atoms with E-state index in [0.717, 1.165) is 0 Å². The van der Waals surface area contributed by atoms with E-state index >= 15 is 0 Å². The fourth-order valence-corrected chi connectivity index (χ4v) is 1.48. The quantitative estimate of drug-likeness (QED) is 0.536. The van der Waals surface area contributed by atoms with Gasteiger partial charge in [-0.05, 0) is 12.3 Å². The van der Waals surface area contributed by atoms with Gasteiger partial charge in [-0.3, -0.25) is 9.59 Å². The average molecular weight is 215 g/mol. The first kappa shape index (κ1) is 16.1. The van der Waals surface area contributed by atoms with E-state index in [1.54, 1.807) is 20.8 Å². The summed E-state index contributed by atoms with van der Waals surface area (Å²) >= 11 is 0. The summed E-state index contributed by atoms with van der Waals surface area (Å²) in [6, 6.07) is 0. The van der Waals surface area contributed by atoms with Crippen molar-refractivity contribution in [3.8, 4) is 0 Å². The minimum atomic E-state index is -1.62. The van der Waals surface area contributed by atoms with Gasteiger partial charge in [0.25, 0.3) is 0 Å². The first-order valence-corrected chi connectivity index (χ1v) is 4.36. The standard InChI is InChI=1S/C9H16O4.Mg.2H/c1-4-5-9(6(2)3,7(10)11)8(12)13;;;/h6H,4-5H2,1-3H3,(H,10,11)(H,12,13);;;/q;+2;2*-1. The molecule has 0 spiro atoms. The molecule has 0 amide bonds. The molecule has 0 radical (unpaired) electrons. The molecule has 0 aliphatic carbocycles. The normalized spacial score (nSPS) is 10.9. The van der Waals surface area contributed by atoms with Crippen LogP contribution in [0.5, 0.6) is 0 Å². The summed E-state index contributed by atoms with van der Waals surface area (Å²) in [6.45, 7) is 5.03. The van der Waals surface area contributed by atoms with Crippen LogP contribution in [0.3, 0.4) is 0 Å². The van der Waals surface area contributed by atoms with Crippen LogP contribution in [0.25, 0.3) is 0 Å². The summed E-state index contributed by atoms with van der Waals surface area (Å²) in [5.41, 5.74) is -1.62. The van der Waals surface area contributed by atoms with E-state index in [2.05, 4.69) is 0 Å². The average Bonchev–Trinajstić information content (AvgIpc) is 1.97. The molecule has 0 saturated heterocycles. The van der Waals surface area contributed by atoms with E-state index in [-0.39, 0.29) is 32.3 Å². The van der Waals surface area contributed by atoms with Crippen LogP contribution >= 0.6 is 0 Å². The Hall–Kier alpha value is -0.294. The fourth-order valence-electron chi connectivity index (χ4n) is 1.48. The van der Waals surface area contributed by atoms with Crippen LogP contribution in [-0.4, -0.2) is 45.2 Å². The van der Waals surface area contributed by atoms with Gasteiger partial charge < -0.3 is 13.1 Å². The van der Waals surface area contributed by atoms with Crippen LogP contribution in [-0.2, 0) is 9.59 Å².